The first-order chi connectivity index (χ1) is 15.9. The van der Waals surface area contributed by atoms with Crippen LogP contribution in [0.1, 0.15) is 17.3 Å². The first kappa shape index (κ1) is 23.7. The fourth-order valence-electron chi connectivity index (χ4n) is 2.82. The lowest BCUT2D eigenvalue weighted by atomic mass is 10.2. The van der Waals surface area contributed by atoms with E-state index in [4.69, 9.17) is 0 Å². The molecule has 0 radical (unpaired) electrons. The smallest absolute Gasteiger partial charge is 0.320 e. The van der Waals surface area contributed by atoms with Crippen molar-refractivity contribution in [2.24, 2.45) is 0 Å². The molecule has 2 aromatic carbocycles. The van der Waals surface area contributed by atoms with Crippen LogP contribution in [0.15, 0.2) is 66.9 Å². The van der Waals surface area contributed by atoms with Crippen LogP contribution in [0.3, 0.4) is 0 Å². The van der Waals surface area contributed by atoms with Crippen LogP contribution in [0.4, 0.5) is 33.4 Å². The van der Waals surface area contributed by atoms with Gasteiger partial charge in [0, 0.05) is 35.9 Å². The minimum absolute atomic E-state index is 0.206. The number of hydrogen-bond donors (Lipinski definition) is 5. The van der Waals surface area contributed by atoms with Crippen molar-refractivity contribution >= 4 is 51.6 Å². The highest BCUT2D eigenvalue weighted by molar-refractivity contribution is 7.79. The Morgan fingerprint density at radius 1 is 0.970 bits per heavy atom. The van der Waals surface area contributed by atoms with Crippen molar-refractivity contribution in [3.63, 3.8) is 0 Å². The van der Waals surface area contributed by atoms with Crippen molar-refractivity contribution < 1.29 is 18.4 Å². The maximum Gasteiger partial charge on any atom is 0.320 e. The van der Waals surface area contributed by atoms with E-state index in [0.717, 1.165) is 5.69 Å². The Bertz CT molecular complexity index is 1130. The van der Waals surface area contributed by atoms with E-state index >= 15 is 0 Å². The van der Waals surface area contributed by atoms with Crippen LogP contribution in [0.25, 0.3) is 0 Å². The van der Waals surface area contributed by atoms with E-state index in [2.05, 4.69) is 31.6 Å². The third-order valence-corrected chi connectivity index (χ3v) is 4.70. The average Bonchev–Trinajstić information content (AvgIpc) is 2.79. The Kier molecular flexibility index (Phi) is 8.33. The number of carbonyl (C=O) groups excluding carboxylic acids is 2. The highest BCUT2D eigenvalue weighted by Crippen LogP contribution is 2.24. The second-order valence-corrected chi connectivity index (χ2v) is 7.64. The SMILES string of the molecule is CCNC(=O)Nc1cc(Nc2ccccc2)c(C(=O)Nc2ccc(NCS(=O)[O-])cc2)cn1. The van der Waals surface area contributed by atoms with Crippen molar-refractivity contribution in [1.29, 1.82) is 0 Å². The van der Waals surface area contributed by atoms with Crippen molar-refractivity contribution in [2.45, 2.75) is 6.92 Å². The van der Waals surface area contributed by atoms with Crippen LogP contribution in [0.2, 0.25) is 0 Å². The first-order valence-electron chi connectivity index (χ1n) is 10.0. The summed E-state index contributed by atoms with van der Waals surface area (Å²) < 4.78 is 21.3. The topological polar surface area (TPSA) is 147 Å². The van der Waals surface area contributed by atoms with Crippen LogP contribution in [0, 0.1) is 0 Å². The number of rotatable bonds is 9. The van der Waals surface area contributed by atoms with E-state index in [0.29, 0.717) is 23.6 Å². The number of anilines is 5. The minimum atomic E-state index is -2.21. The summed E-state index contributed by atoms with van der Waals surface area (Å²) in [6, 6.07) is 17.1. The zero-order valence-electron chi connectivity index (χ0n) is 17.8. The van der Waals surface area contributed by atoms with Gasteiger partial charge < -0.3 is 25.8 Å². The van der Waals surface area contributed by atoms with Gasteiger partial charge in [-0.3, -0.25) is 14.3 Å². The Morgan fingerprint density at radius 3 is 2.33 bits per heavy atom. The summed E-state index contributed by atoms with van der Waals surface area (Å²) in [7, 11) is 0. The van der Waals surface area contributed by atoms with Crippen LogP contribution < -0.4 is 26.6 Å². The number of urea groups is 1. The number of nitrogens with one attached hydrogen (secondary N) is 5. The van der Waals surface area contributed by atoms with E-state index in [1.54, 1.807) is 37.3 Å². The Labute approximate surface area is 193 Å². The molecule has 0 aliphatic rings. The first-order valence-corrected chi connectivity index (χ1v) is 11.3. The zero-order valence-corrected chi connectivity index (χ0v) is 18.6. The van der Waals surface area contributed by atoms with Crippen LogP contribution >= 0.6 is 0 Å². The molecule has 1 aromatic heterocycles. The number of para-hydroxylation sites is 1. The molecular formula is C22H23N6O4S-. The minimum Gasteiger partial charge on any atom is -0.771 e. The molecule has 0 aliphatic carbocycles. The molecule has 0 saturated carbocycles. The Hall–Kier alpha value is -3.96. The van der Waals surface area contributed by atoms with E-state index in [1.165, 1.54) is 6.20 Å². The van der Waals surface area contributed by atoms with Crippen LogP contribution in [0.5, 0.6) is 0 Å². The second kappa shape index (κ2) is 11.6. The summed E-state index contributed by atoms with van der Waals surface area (Å²) in [6.45, 7) is 2.26. The van der Waals surface area contributed by atoms with Gasteiger partial charge in [0.2, 0.25) is 0 Å². The van der Waals surface area contributed by atoms with Crippen LogP contribution in [-0.4, -0.2) is 38.1 Å². The van der Waals surface area contributed by atoms with E-state index < -0.39 is 23.0 Å². The fourth-order valence-corrected chi connectivity index (χ4v) is 3.10. The van der Waals surface area contributed by atoms with Crippen molar-refractivity contribution in [1.82, 2.24) is 10.3 Å². The molecule has 11 heteroatoms. The van der Waals surface area contributed by atoms with Gasteiger partial charge in [-0.1, -0.05) is 18.2 Å². The molecule has 1 heterocycles. The van der Waals surface area contributed by atoms with Gasteiger partial charge in [-0.15, -0.1) is 0 Å². The fraction of sp³-hybridized carbons (Fsp3) is 0.136. The standard InChI is InChI=1S/C22H24N6O4S/c1-2-23-22(30)28-20-12-19(26-16-6-4-3-5-7-16)18(13-24-20)21(29)27-17-10-8-15(9-11-17)25-14-33(31)32/h3-13,25H,2,14H2,1H3,(H,27,29)(H,31,32)(H3,23,24,26,28,30)/p-1. The van der Waals surface area contributed by atoms with Crippen molar-refractivity contribution in [2.75, 3.05) is 33.7 Å². The molecular weight excluding hydrogens is 444 g/mol. The molecule has 3 aromatic rings. The molecule has 3 amide bonds. The summed E-state index contributed by atoms with van der Waals surface area (Å²) in [5.41, 5.74) is 2.60. The molecule has 0 fully saturated rings. The molecule has 10 nitrogen and oxygen atoms in total. The molecule has 0 spiro atoms. The van der Waals surface area contributed by atoms with Gasteiger partial charge in [0.25, 0.3) is 5.91 Å². The van der Waals surface area contributed by atoms with Crippen molar-refractivity contribution in [3.8, 4) is 0 Å². The second-order valence-electron chi connectivity index (χ2n) is 6.75. The lowest BCUT2D eigenvalue weighted by molar-refractivity contribution is 0.102. The number of pyridine rings is 1. The molecule has 1 unspecified atom stereocenters. The molecule has 172 valence electrons. The van der Waals surface area contributed by atoms with Gasteiger partial charge in [0.15, 0.2) is 0 Å². The van der Waals surface area contributed by atoms with Gasteiger partial charge in [0.05, 0.1) is 17.1 Å². The number of carbonyl (C=O) groups is 2. The monoisotopic (exact) mass is 467 g/mol. The molecule has 1 atom stereocenters. The molecule has 0 bridgehead atoms. The Balaban J connectivity index is 1.80. The van der Waals surface area contributed by atoms with Crippen LogP contribution in [-0.2, 0) is 11.1 Å². The molecule has 0 aliphatic heterocycles. The normalized spacial score (nSPS) is 11.2. The molecule has 0 saturated heterocycles. The maximum atomic E-state index is 13.0. The molecule has 33 heavy (non-hydrogen) atoms. The number of hydrogen-bond acceptors (Lipinski definition) is 7. The number of aromatic nitrogens is 1. The predicted molar refractivity (Wildman–Crippen MR) is 128 cm³/mol. The zero-order chi connectivity index (χ0) is 23.6. The summed E-state index contributed by atoms with van der Waals surface area (Å²) in [4.78, 5) is 29.0. The Morgan fingerprint density at radius 2 is 1.67 bits per heavy atom. The van der Waals surface area contributed by atoms with E-state index in [1.807, 2.05) is 30.3 Å². The summed E-state index contributed by atoms with van der Waals surface area (Å²) >= 11 is -2.21. The van der Waals surface area contributed by atoms with Gasteiger partial charge in [0.1, 0.15) is 5.82 Å². The number of nitrogens with zero attached hydrogens (tertiary/aromatic N) is 1. The summed E-state index contributed by atoms with van der Waals surface area (Å²) in [5.74, 6) is -0.336. The van der Waals surface area contributed by atoms with Gasteiger partial charge >= 0.3 is 6.03 Å². The lowest BCUT2D eigenvalue weighted by Gasteiger charge is -2.14. The molecule has 5 N–H and O–H groups in total. The highest BCUT2D eigenvalue weighted by atomic mass is 32.2. The summed E-state index contributed by atoms with van der Waals surface area (Å²) in [6.07, 6.45) is 1.38. The quantitative estimate of drug-likeness (QED) is 0.303. The van der Waals surface area contributed by atoms with Gasteiger partial charge in [-0.05, 0) is 54.4 Å². The highest BCUT2D eigenvalue weighted by Gasteiger charge is 2.15. The third-order valence-electron chi connectivity index (χ3n) is 4.32. The maximum absolute atomic E-state index is 13.0. The number of benzene rings is 2. The van der Waals surface area contributed by atoms with Gasteiger partial charge in [-0.2, -0.15) is 0 Å². The predicted octanol–water partition coefficient (Wildman–Crippen LogP) is 3.47. The largest absolute Gasteiger partial charge is 0.771 e. The van der Waals surface area contributed by atoms with Crippen molar-refractivity contribution in [3.05, 3.63) is 72.4 Å². The average molecular weight is 468 g/mol. The van der Waals surface area contributed by atoms with E-state index in [9.17, 15) is 18.4 Å². The third kappa shape index (κ3) is 7.30. The summed E-state index contributed by atoms with van der Waals surface area (Å²) in [5, 5.41) is 14.0. The van der Waals surface area contributed by atoms with Gasteiger partial charge in [-0.25, -0.2) is 9.78 Å². The lowest BCUT2D eigenvalue weighted by Crippen LogP contribution is -2.28. The van der Waals surface area contributed by atoms with E-state index in [-0.39, 0.29) is 17.3 Å². The number of amides is 3. The molecule has 3 rings (SSSR count).